The van der Waals surface area contributed by atoms with Gasteiger partial charge in [0.2, 0.25) is 6.79 Å². The maximum Gasteiger partial charge on any atom is 0.271 e. The number of hydrogen-bond acceptors (Lipinski definition) is 8. The summed E-state index contributed by atoms with van der Waals surface area (Å²) >= 11 is 1.24. The van der Waals surface area contributed by atoms with Crippen LogP contribution in [0.4, 0.5) is 15.8 Å². The molecule has 29 heavy (non-hydrogen) atoms. The first kappa shape index (κ1) is 18.4. The number of nitro benzene ring substituents is 1. The Hall–Kier alpha value is -3.97. The topological polar surface area (TPSA) is 110 Å². The van der Waals surface area contributed by atoms with Crippen LogP contribution >= 0.6 is 11.3 Å². The van der Waals surface area contributed by atoms with Crippen molar-refractivity contribution in [2.24, 2.45) is 0 Å². The number of rotatable bonds is 5. The molecule has 144 valence electrons. The predicted octanol–water partition coefficient (Wildman–Crippen LogP) is 4.56. The minimum Gasteiger partial charge on any atom is -0.454 e. The molecule has 1 aliphatic rings. The van der Waals surface area contributed by atoms with E-state index in [9.17, 15) is 19.8 Å². The maximum absolute atomic E-state index is 13.9. The molecule has 0 fully saturated rings. The number of allylic oxidation sites excluding steroid dienone is 1. The Kier molecular flexibility index (Phi) is 4.80. The fraction of sp³-hybridized carbons (Fsp3) is 0.0526. The lowest BCUT2D eigenvalue weighted by atomic mass is 10.1. The van der Waals surface area contributed by atoms with Gasteiger partial charge >= 0.3 is 0 Å². The molecule has 0 atom stereocenters. The largest absolute Gasteiger partial charge is 0.454 e. The van der Waals surface area contributed by atoms with E-state index < -0.39 is 10.7 Å². The molecule has 4 rings (SSSR count). The van der Waals surface area contributed by atoms with Crippen molar-refractivity contribution in [2.45, 2.75) is 0 Å². The van der Waals surface area contributed by atoms with Gasteiger partial charge in [0, 0.05) is 29.3 Å². The first-order chi connectivity index (χ1) is 14.0. The van der Waals surface area contributed by atoms with E-state index >= 15 is 0 Å². The summed E-state index contributed by atoms with van der Waals surface area (Å²) in [5.41, 5.74) is 1.23. The molecule has 10 heteroatoms. The minimum absolute atomic E-state index is 0.112. The summed E-state index contributed by atoms with van der Waals surface area (Å²) < 4.78 is 24.5. The maximum atomic E-state index is 13.9. The standard InChI is InChI=1S/C19H11FN4O4S/c20-14-3-2-13(24(25)26)6-15(14)22-8-12(7-21)19-23-16(9-29-19)11-1-4-17-18(5-11)28-10-27-17/h1-6,8-9,22H,10H2. The van der Waals surface area contributed by atoms with Crippen molar-refractivity contribution in [1.82, 2.24) is 4.98 Å². The SMILES string of the molecule is N#CC(=CNc1cc([N+](=O)[O-])ccc1F)c1nc(-c2ccc3c(c2)OCO3)cs1. The third-order valence-electron chi connectivity index (χ3n) is 4.06. The number of aromatic nitrogens is 1. The van der Waals surface area contributed by atoms with Gasteiger partial charge in [-0.2, -0.15) is 5.26 Å². The average Bonchev–Trinajstić information content (AvgIpc) is 3.38. The number of thiazole rings is 1. The first-order valence-electron chi connectivity index (χ1n) is 8.22. The number of halogens is 1. The highest BCUT2D eigenvalue weighted by Gasteiger charge is 2.16. The monoisotopic (exact) mass is 410 g/mol. The Balaban J connectivity index is 1.58. The molecule has 1 aliphatic heterocycles. The number of anilines is 1. The molecule has 3 aromatic rings. The highest BCUT2D eigenvalue weighted by molar-refractivity contribution is 7.11. The molecule has 1 aromatic heterocycles. The van der Waals surface area contributed by atoms with Gasteiger partial charge in [-0.15, -0.1) is 11.3 Å². The van der Waals surface area contributed by atoms with Crippen LogP contribution in [0, 0.1) is 27.3 Å². The summed E-state index contributed by atoms with van der Waals surface area (Å²) in [6, 6.07) is 10.5. The van der Waals surface area contributed by atoms with Crippen molar-refractivity contribution in [3.8, 4) is 28.8 Å². The van der Waals surface area contributed by atoms with Crippen molar-refractivity contribution < 1.29 is 18.8 Å². The molecule has 0 saturated carbocycles. The third-order valence-corrected chi connectivity index (χ3v) is 4.93. The Morgan fingerprint density at radius 3 is 2.93 bits per heavy atom. The molecule has 0 spiro atoms. The van der Waals surface area contributed by atoms with Crippen molar-refractivity contribution in [2.75, 3.05) is 12.1 Å². The van der Waals surface area contributed by atoms with Crippen molar-refractivity contribution in [1.29, 1.82) is 5.26 Å². The fourth-order valence-electron chi connectivity index (χ4n) is 2.62. The number of nitro groups is 1. The molecule has 8 nitrogen and oxygen atoms in total. The summed E-state index contributed by atoms with van der Waals surface area (Å²) in [5, 5.41) is 25.1. The van der Waals surface area contributed by atoms with Crippen molar-refractivity contribution >= 4 is 28.3 Å². The van der Waals surface area contributed by atoms with Crippen LogP contribution in [-0.4, -0.2) is 16.7 Å². The molecule has 0 unspecified atom stereocenters. The number of nitrogens with zero attached hydrogens (tertiary/aromatic N) is 3. The van der Waals surface area contributed by atoms with E-state index in [0.717, 1.165) is 23.8 Å². The summed E-state index contributed by atoms with van der Waals surface area (Å²) in [6.07, 6.45) is 1.27. The van der Waals surface area contributed by atoms with Gasteiger partial charge in [0.15, 0.2) is 11.5 Å². The Morgan fingerprint density at radius 1 is 1.31 bits per heavy atom. The van der Waals surface area contributed by atoms with E-state index in [-0.39, 0.29) is 23.7 Å². The molecule has 0 bridgehead atoms. The molecule has 0 radical (unpaired) electrons. The number of benzene rings is 2. The molecule has 0 saturated heterocycles. The van der Waals surface area contributed by atoms with E-state index in [1.807, 2.05) is 12.1 Å². The molecular weight excluding hydrogens is 399 g/mol. The highest BCUT2D eigenvalue weighted by Crippen LogP contribution is 2.36. The normalized spacial score (nSPS) is 12.5. The smallest absolute Gasteiger partial charge is 0.271 e. The summed E-state index contributed by atoms with van der Waals surface area (Å²) in [4.78, 5) is 14.7. The second-order valence-electron chi connectivity index (χ2n) is 5.84. The van der Waals surface area contributed by atoms with Gasteiger partial charge in [-0.25, -0.2) is 9.37 Å². The number of nitrogens with one attached hydrogen (secondary N) is 1. The first-order valence-corrected chi connectivity index (χ1v) is 9.10. The Morgan fingerprint density at radius 2 is 2.14 bits per heavy atom. The van der Waals surface area contributed by atoms with Crippen LogP contribution in [-0.2, 0) is 0 Å². The quantitative estimate of drug-likeness (QED) is 0.373. The molecule has 2 aromatic carbocycles. The molecular formula is C19H11FN4O4S. The van der Waals surface area contributed by atoms with Gasteiger partial charge in [-0.05, 0) is 24.3 Å². The molecule has 0 aliphatic carbocycles. The van der Waals surface area contributed by atoms with E-state index in [1.165, 1.54) is 17.5 Å². The second kappa shape index (κ2) is 7.57. The van der Waals surface area contributed by atoms with Gasteiger partial charge in [-0.3, -0.25) is 10.1 Å². The summed E-state index contributed by atoms with van der Waals surface area (Å²) in [5.74, 6) is 0.602. The van der Waals surface area contributed by atoms with Crippen LogP contribution in [0.3, 0.4) is 0 Å². The number of ether oxygens (including phenoxy) is 2. The van der Waals surface area contributed by atoms with Crippen molar-refractivity contribution in [3.05, 3.63) is 68.9 Å². The van der Waals surface area contributed by atoms with E-state index in [4.69, 9.17) is 9.47 Å². The minimum atomic E-state index is -0.677. The molecule has 0 amide bonds. The van der Waals surface area contributed by atoms with E-state index in [2.05, 4.69) is 10.3 Å². The zero-order chi connectivity index (χ0) is 20.4. The van der Waals surface area contributed by atoms with Gasteiger partial charge in [0.1, 0.15) is 22.5 Å². The lowest BCUT2D eigenvalue weighted by Crippen LogP contribution is -1.96. The van der Waals surface area contributed by atoms with Gasteiger partial charge in [0.05, 0.1) is 16.3 Å². The van der Waals surface area contributed by atoms with E-state index in [0.29, 0.717) is 22.2 Å². The fourth-order valence-corrected chi connectivity index (χ4v) is 3.41. The van der Waals surface area contributed by atoms with Crippen LogP contribution in [0.15, 0.2) is 48.0 Å². The predicted molar refractivity (Wildman–Crippen MR) is 104 cm³/mol. The molecule has 2 heterocycles. The second-order valence-corrected chi connectivity index (χ2v) is 6.70. The Bertz CT molecular complexity index is 1190. The number of nitriles is 1. The lowest BCUT2D eigenvalue weighted by molar-refractivity contribution is -0.384. The van der Waals surface area contributed by atoms with Crippen LogP contribution in [0.25, 0.3) is 16.8 Å². The number of non-ortho nitro benzene ring substituents is 1. The van der Waals surface area contributed by atoms with Crippen LogP contribution < -0.4 is 14.8 Å². The van der Waals surface area contributed by atoms with Crippen LogP contribution in [0.5, 0.6) is 11.5 Å². The highest BCUT2D eigenvalue weighted by atomic mass is 32.1. The van der Waals surface area contributed by atoms with Gasteiger partial charge in [0.25, 0.3) is 5.69 Å². The van der Waals surface area contributed by atoms with Crippen LogP contribution in [0.1, 0.15) is 5.01 Å². The van der Waals surface area contributed by atoms with Crippen molar-refractivity contribution in [3.63, 3.8) is 0 Å². The zero-order valence-corrected chi connectivity index (χ0v) is 15.4. The Labute approximate surface area is 167 Å². The number of hydrogen-bond donors (Lipinski definition) is 1. The average molecular weight is 410 g/mol. The van der Waals surface area contributed by atoms with E-state index in [1.54, 1.807) is 17.5 Å². The summed E-state index contributed by atoms with van der Waals surface area (Å²) in [7, 11) is 0. The summed E-state index contributed by atoms with van der Waals surface area (Å²) in [6.45, 7) is 0.169. The van der Waals surface area contributed by atoms with Gasteiger partial charge < -0.3 is 14.8 Å². The zero-order valence-electron chi connectivity index (χ0n) is 14.6. The number of fused-ring (bicyclic) bond motifs is 1. The molecule has 1 N–H and O–H groups in total. The van der Waals surface area contributed by atoms with Crippen LogP contribution in [0.2, 0.25) is 0 Å². The van der Waals surface area contributed by atoms with Gasteiger partial charge in [-0.1, -0.05) is 0 Å². The lowest BCUT2D eigenvalue weighted by Gasteiger charge is -2.03. The third kappa shape index (κ3) is 3.71.